The van der Waals surface area contributed by atoms with Crippen molar-refractivity contribution in [2.75, 3.05) is 0 Å². The number of amides is 4. The van der Waals surface area contributed by atoms with E-state index in [1.54, 1.807) is 22.7 Å². The molecule has 2 aromatic heterocycles. The Morgan fingerprint density at radius 2 is 0.469 bits per heavy atom. The zero-order chi connectivity index (χ0) is 92.7. The van der Waals surface area contributed by atoms with Crippen LogP contribution in [0, 0.1) is 125 Å². The third-order valence-electron chi connectivity index (χ3n) is 26.3. The third-order valence-corrected chi connectivity index (χ3v) is 28.2. The Hall–Kier alpha value is -12.2. The number of aromatic nitrogens is 2. The van der Waals surface area contributed by atoms with Crippen molar-refractivity contribution in [2.45, 2.75) is 241 Å². The van der Waals surface area contributed by atoms with Gasteiger partial charge in [0.15, 0.2) is 0 Å². The number of unbranched alkanes of at least 4 members (excludes halogenated alkanes) is 6. The molecule has 0 saturated carbocycles. The highest BCUT2D eigenvalue weighted by Gasteiger charge is 2.19. The van der Waals surface area contributed by atoms with Gasteiger partial charge < -0.3 is 21.3 Å². The number of carbonyl (C=O) groups is 4. The van der Waals surface area contributed by atoms with Gasteiger partial charge in [-0.15, -0.1) is 22.7 Å². The molecular weight excluding hydrogens is 1630 g/mol. The first-order valence-corrected chi connectivity index (χ1v) is 48.3. The maximum absolute atomic E-state index is 12.5. The number of hydrogen-bond donors (Lipinski definition) is 4. The molecule has 12 aromatic carbocycles. The molecule has 0 radical (unpaired) electrons. The van der Waals surface area contributed by atoms with Crippen LogP contribution in [0.15, 0.2) is 229 Å². The summed E-state index contributed by atoms with van der Waals surface area (Å²) in [6.07, 6.45) is 11.0. The lowest BCUT2D eigenvalue weighted by atomic mass is 9.93. The van der Waals surface area contributed by atoms with Crippen molar-refractivity contribution in [1.29, 1.82) is 0 Å². The summed E-state index contributed by atoms with van der Waals surface area (Å²) in [5, 5.41) is 18.9. The quantitative estimate of drug-likeness (QED) is 0.0302. The molecule has 10 nitrogen and oxygen atoms in total. The molecule has 0 aliphatic heterocycles. The van der Waals surface area contributed by atoms with Crippen molar-refractivity contribution in [1.82, 2.24) is 31.2 Å². The summed E-state index contributed by atoms with van der Waals surface area (Å²) in [6, 6.07) is 78.0. The van der Waals surface area contributed by atoms with E-state index in [0.29, 0.717) is 51.9 Å². The molecule has 0 bridgehead atoms. The topological polar surface area (TPSA) is 142 Å². The number of nitrogens with one attached hydrogen (secondary N) is 4. The van der Waals surface area contributed by atoms with E-state index in [-0.39, 0.29) is 23.6 Å². The molecule has 0 fully saturated rings. The van der Waals surface area contributed by atoms with E-state index in [4.69, 9.17) is 9.97 Å². The van der Waals surface area contributed by atoms with E-state index in [9.17, 15) is 19.2 Å². The average molecular weight is 1760 g/mol. The van der Waals surface area contributed by atoms with Crippen molar-refractivity contribution >= 4 is 46.3 Å². The molecule has 2 heterocycles. The van der Waals surface area contributed by atoms with Gasteiger partial charge >= 0.3 is 0 Å². The Kier molecular flexibility index (Phi) is 34.5. The predicted octanol–water partition coefficient (Wildman–Crippen LogP) is 29.2. The normalized spacial score (nSPS) is 11.1. The summed E-state index contributed by atoms with van der Waals surface area (Å²) in [5.74, 6) is 0.320. The molecule has 4 amide bonds. The molecule has 14 aromatic rings. The van der Waals surface area contributed by atoms with Crippen molar-refractivity contribution in [3.63, 3.8) is 0 Å². The maximum atomic E-state index is 12.5. The Bertz CT molecular complexity index is 5970. The van der Waals surface area contributed by atoms with Crippen LogP contribution < -0.4 is 21.3 Å². The van der Waals surface area contributed by atoms with Crippen LogP contribution in [0.4, 0.5) is 0 Å². The Balaban J connectivity index is 0.000000176. The molecule has 0 aliphatic rings. The summed E-state index contributed by atoms with van der Waals surface area (Å²) >= 11 is 3.46. The zero-order valence-electron chi connectivity index (χ0n) is 80.0. The van der Waals surface area contributed by atoms with Crippen molar-refractivity contribution in [3.8, 4) is 87.9 Å². The smallest absolute Gasteiger partial charge is 0.220 e. The van der Waals surface area contributed by atoms with Gasteiger partial charge in [-0.25, -0.2) is 9.97 Å². The Labute approximate surface area is 782 Å². The van der Waals surface area contributed by atoms with Crippen LogP contribution in [-0.4, -0.2) is 33.6 Å². The van der Waals surface area contributed by atoms with Crippen LogP contribution in [0.25, 0.3) is 87.9 Å². The van der Waals surface area contributed by atoms with Crippen LogP contribution >= 0.6 is 22.7 Å². The van der Waals surface area contributed by atoms with Gasteiger partial charge in [-0.2, -0.15) is 0 Å². The molecule has 0 spiro atoms. The molecule has 12 heteroatoms. The van der Waals surface area contributed by atoms with Crippen LogP contribution in [0.3, 0.4) is 0 Å². The van der Waals surface area contributed by atoms with Gasteiger partial charge in [-0.1, -0.05) is 220 Å². The predicted molar refractivity (Wildman–Crippen MR) is 549 cm³/mol. The first-order valence-electron chi connectivity index (χ1n) is 46.5. The molecule has 0 unspecified atom stereocenters. The van der Waals surface area contributed by atoms with Gasteiger partial charge in [0.2, 0.25) is 23.6 Å². The maximum Gasteiger partial charge on any atom is 0.220 e. The van der Waals surface area contributed by atoms with Crippen molar-refractivity contribution in [3.05, 3.63) is 363 Å². The minimum atomic E-state index is 0.0786. The highest BCUT2D eigenvalue weighted by molar-refractivity contribution is 7.13. The summed E-state index contributed by atoms with van der Waals surface area (Å²) in [7, 11) is 0. The van der Waals surface area contributed by atoms with Crippen molar-refractivity contribution < 1.29 is 19.2 Å². The Morgan fingerprint density at radius 3 is 0.731 bits per heavy atom. The lowest BCUT2D eigenvalue weighted by Crippen LogP contribution is -2.22. The summed E-state index contributed by atoms with van der Waals surface area (Å²) in [4.78, 5) is 59.8. The van der Waals surface area contributed by atoms with E-state index in [1.807, 2.05) is 0 Å². The van der Waals surface area contributed by atoms with E-state index >= 15 is 0 Å². The van der Waals surface area contributed by atoms with Crippen molar-refractivity contribution in [2.24, 2.45) is 0 Å². The molecule has 130 heavy (non-hydrogen) atoms. The van der Waals surface area contributed by atoms with Crippen LogP contribution in [0.1, 0.15) is 211 Å². The molecule has 0 atom stereocenters. The fourth-order valence-corrected chi connectivity index (χ4v) is 18.9. The van der Waals surface area contributed by atoms with E-state index in [2.05, 4.69) is 375 Å². The number of nitrogens with zero attached hydrogens (tertiary/aromatic N) is 2. The lowest BCUT2D eigenvalue weighted by molar-refractivity contribution is -0.122. The number of benzene rings is 12. The minimum Gasteiger partial charge on any atom is -0.352 e. The molecule has 14 rings (SSSR count). The Morgan fingerprint density at radius 1 is 0.231 bits per heavy atom. The van der Waals surface area contributed by atoms with Crippen LogP contribution in [0.5, 0.6) is 0 Å². The second kappa shape index (κ2) is 46.3. The van der Waals surface area contributed by atoms with Gasteiger partial charge in [-0.05, 0) is 377 Å². The fraction of sp³-hybridized carbons (Fsp3) is 0.305. The van der Waals surface area contributed by atoms with Crippen LogP contribution in [-0.2, 0) is 58.2 Å². The monoisotopic (exact) mass is 1760 g/mol. The number of hydrogen-bond acceptors (Lipinski definition) is 8. The highest BCUT2D eigenvalue weighted by atomic mass is 32.1. The molecular formula is C118H132N6O4S2. The SMILES string of the molecule is Cc1cc(-c2nc(CCc3csc(-c4ccc(-c5cccc(C)c5C)c(C)c4)n3)cs2)ccc1-c1cccc(C)c1C.Cc1cc(CNC(=O)CCCCCCC(=O)NCc2ccc(-c3cccc(C)c3C)c(C)c2)ccc1-c1cccc(C)c1C.Cc1ccc(CNC(=O)CCCCCCC(=O)NCc2ccc(C)c(-c3cccc(C)c3C)c2)cc1-c1cccc(C)c1C. The first-order chi connectivity index (χ1) is 62.5. The number of rotatable bonds is 33. The molecule has 0 aliphatic carbocycles. The fourth-order valence-electron chi connectivity index (χ4n) is 17.2. The van der Waals surface area contributed by atoms with Gasteiger partial charge in [0, 0.05) is 73.7 Å². The zero-order valence-corrected chi connectivity index (χ0v) is 81.6. The molecule has 0 saturated heterocycles. The summed E-state index contributed by atoms with van der Waals surface area (Å²) < 4.78 is 0. The molecule has 670 valence electrons. The van der Waals surface area contributed by atoms with E-state index in [0.717, 1.165) is 108 Å². The van der Waals surface area contributed by atoms with E-state index in [1.165, 1.54) is 178 Å². The van der Waals surface area contributed by atoms with Crippen LogP contribution in [0.2, 0.25) is 0 Å². The number of thiazole rings is 2. The summed E-state index contributed by atoms with van der Waals surface area (Å²) in [6.45, 7) is 41.1. The third kappa shape index (κ3) is 25.9. The summed E-state index contributed by atoms with van der Waals surface area (Å²) in [5.41, 5.74) is 47.5. The second-order valence-electron chi connectivity index (χ2n) is 35.9. The van der Waals surface area contributed by atoms with Gasteiger partial charge in [0.25, 0.3) is 0 Å². The standard InChI is InChI=1S/2C40H48N2O2.C38H36N2S2/c1-27-13-11-15-37(31(27)5)35-21-19-33(23-29(35)3)25-41-39(43)17-9-7-8-10-18-40(44)42-26-34-20-22-36(30(4)24-34)38-16-12-14-28(2)32(38)6;1-27-13-11-15-35(31(27)5)37-23-33(21-19-29(37)3)25-41-39(43)17-9-7-8-10-18-40(44)42-26-34-22-20-30(4)38(24-34)36-16-12-14-28(2)32(36)6;1-23-9-7-11-35(27(23)5)33-17-13-29(19-25(33)3)37-39-31(21-41-37)15-16-32-22-42-38(40-32)30-14-18-34(26(4)20-30)36-12-8-10-24(2)28(36)6/h2*11-16,19-24H,7-10,17-18,25-26H2,1-6H3,(H,41,43)(H,42,44);7-14,17-22H,15-16H2,1-6H3. The lowest BCUT2D eigenvalue weighted by Gasteiger charge is -2.14. The van der Waals surface area contributed by atoms with Gasteiger partial charge in [0.05, 0.1) is 11.4 Å². The average Bonchev–Trinajstić information content (AvgIpc) is 1.60. The molecule has 4 N–H and O–H groups in total. The van der Waals surface area contributed by atoms with E-state index < -0.39 is 0 Å². The largest absolute Gasteiger partial charge is 0.352 e. The number of aryl methyl sites for hydroxylation is 14. The minimum absolute atomic E-state index is 0.0786. The second-order valence-corrected chi connectivity index (χ2v) is 37.6. The van der Waals surface area contributed by atoms with Gasteiger partial charge in [-0.3, -0.25) is 19.2 Å². The highest BCUT2D eigenvalue weighted by Crippen LogP contribution is 2.39. The van der Waals surface area contributed by atoms with Gasteiger partial charge in [0.1, 0.15) is 10.0 Å². The first kappa shape index (κ1) is 96.9. The number of carbonyl (C=O) groups excluding carboxylic acids is 4.